The molecule has 0 radical (unpaired) electrons. The Balaban J connectivity index is 2.31. The Morgan fingerprint density at radius 1 is 1.41 bits per heavy atom. The van der Waals surface area contributed by atoms with Crippen molar-refractivity contribution in [1.29, 1.82) is 0 Å². The van der Waals surface area contributed by atoms with Crippen molar-refractivity contribution in [3.63, 3.8) is 0 Å². The van der Waals surface area contributed by atoms with Gasteiger partial charge in [0.15, 0.2) is 11.6 Å². The molecule has 2 N–H and O–H groups in total. The van der Waals surface area contributed by atoms with Gasteiger partial charge in [0.2, 0.25) is 0 Å². The third kappa shape index (κ3) is 2.17. The summed E-state index contributed by atoms with van der Waals surface area (Å²) in [4.78, 5) is 22.9. The van der Waals surface area contributed by atoms with Gasteiger partial charge in [-0.15, -0.1) is 0 Å². The second-order valence-electron chi connectivity index (χ2n) is 3.60. The molecular formula is C10H8F2N2O3. The number of rotatable bonds is 2. The van der Waals surface area contributed by atoms with Crippen molar-refractivity contribution >= 4 is 17.7 Å². The van der Waals surface area contributed by atoms with E-state index >= 15 is 0 Å². The third-order valence-electron chi connectivity index (χ3n) is 2.36. The predicted molar refractivity (Wildman–Crippen MR) is 53.4 cm³/mol. The first-order valence-electron chi connectivity index (χ1n) is 4.73. The smallest absolute Gasteiger partial charge is 0.323 e. The number of hydrogen-bond acceptors (Lipinski definition) is 2. The van der Waals surface area contributed by atoms with Crippen LogP contribution in [0, 0.1) is 11.6 Å². The molecule has 0 bridgehead atoms. The summed E-state index contributed by atoms with van der Waals surface area (Å²) in [6, 6.07) is 1.17. The molecule has 5 nitrogen and oxygen atoms in total. The lowest BCUT2D eigenvalue weighted by Crippen LogP contribution is -2.41. The fourth-order valence-corrected chi connectivity index (χ4v) is 1.60. The van der Waals surface area contributed by atoms with Gasteiger partial charge in [-0.3, -0.25) is 4.79 Å². The molecule has 90 valence electrons. The number of carbonyl (C=O) groups is 2. The Bertz CT molecular complexity index is 505. The molecule has 1 aromatic rings. The Morgan fingerprint density at radius 3 is 2.71 bits per heavy atom. The van der Waals surface area contributed by atoms with E-state index in [1.807, 2.05) is 0 Å². The van der Waals surface area contributed by atoms with Crippen LogP contribution in [0.4, 0.5) is 19.3 Å². The highest BCUT2D eigenvalue weighted by molar-refractivity contribution is 5.94. The van der Waals surface area contributed by atoms with Crippen molar-refractivity contribution < 1.29 is 23.5 Å². The van der Waals surface area contributed by atoms with Crippen LogP contribution in [0.5, 0.6) is 0 Å². The molecule has 2 amide bonds. The zero-order valence-corrected chi connectivity index (χ0v) is 8.54. The first-order chi connectivity index (χ1) is 7.97. The summed E-state index contributed by atoms with van der Waals surface area (Å²) >= 11 is 0. The molecule has 1 aliphatic heterocycles. The zero-order chi connectivity index (χ0) is 12.6. The zero-order valence-electron chi connectivity index (χ0n) is 8.54. The van der Waals surface area contributed by atoms with E-state index < -0.39 is 30.2 Å². The summed E-state index contributed by atoms with van der Waals surface area (Å²) in [5, 5.41) is 10.9. The number of hydrogen-bond donors (Lipinski definition) is 2. The number of aliphatic carboxylic acids is 1. The highest BCUT2D eigenvalue weighted by Gasteiger charge is 2.25. The van der Waals surface area contributed by atoms with E-state index in [0.717, 1.165) is 17.0 Å². The normalized spacial score (nSPS) is 14.2. The number of nitrogens with one attached hydrogen (secondary N) is 1. The van der Waals surface area contributed by atoms with Crippen LogP contribution in [0.15, 0.2) is 12.1 Å². The van der Waals surface area contributed by atoms with Gasteiger partial charge in [-0.1, -0.05) is 0 Å². The molecule has 1 aromatic carbocycles. The van der Waals surface area contributed by atoms with Crippen LogP contribution >= 0.6 is 0 Å². The number of carboxylic acid groups (broad SMARTS) is 1. The van der Waals surface area contributed by atoms with E-state index in [9.17, 15) is 18.4 Å². The molecule has 2 rings (SSSR count). The minimum atomic E-state index is -1.17. The molecule has 1 heterocycles. The molecule has 7 heteroatoms. The van der Waals surface area contributed by atoms with Crippen molar-refractivity contribution in [1.82, 2.24) is 4.90 Å². The number of carbonyl (C=O) groups excluding carboxylic acids is 1. The van der Waals surface area contributed by atoms with E-state index in [0.29, 0.717) is 5.56 Å². The van der Waals surface area contributed by atoms with Gasteiger partial charge in [0.05, 0.1) is 12.2 Å². The average Bonchev–Trinajstić information content (AvgIpc) is 2.22. The van der Waals surface area contributed by atoms with Gasteiger partial charge >= 0.3 is 12.0 Å². The SMILES string of the molecule is O=C(O)CN1Cc2cc(F)c(F)cc2NC1=O. The number of anilines is 1. The van der Waals surface area contributed by atoms with Gasteiger partial charge in [-0.05, 0) is 11.6 Å². The number of fused-ring (bicyclic) bond motifs is 1. The first-order valence-corrected chi connectivity index (χ1v) is 4.73. The average molecular weight is 242 g/mol. The highest BCUT2D eigenvalue weighted by atomic mass is 19.2. The standard InChI is InChI=1S/C10H8F2N2O3/c11-6-1-5-3-14(4-9(15)16)10(17)13-8(5)2-7(6)12/h1-2H,3-4H2,(H,13,17)(H,15,16). The molecule has 0 aliphatic carbocycles. The summed E-state index contributed by atoms with van der Waals surface area (Å²) in [6.45, 7) is -0.561. The number of nitrogens with zero attached hydrogens (tertiary/aromatic N) is 1. The molecule has 0 atom stereocenters. The first kappa shape index (κ1) is 11.3. The molecule has 17 heavy (non-hydrogen) atoms. The van der Waals surface area contributed by atoms with Gasteiger partial charge in [0.1, 0.15) is 6.54 Å². The Labute approximate surface area is 94.6 Å². The predicted octanol–water partition coefficient (Wildman–Crippen LogP) is 1.40. The van der Waals surface area contributed by atoms with Crippen LogP contribution in [-0.2, 0) is 11.3 Å². The van der Waals surface area contributed by atoms with Crippen molar-refractivity contribution in [3.8, 4) is 0 Å². The maximum atomic E-state index is 13.0. The number of carboxylic acids is 1. The largest absolute Gasteiger partial charge is 0.480 e. The summed E-state index contributed by atoms with van der Waals surface area (Å²) < 4.78 is 25.9. The van der Waals surface area contributed by atoms with Gasteiger partial charge in [0.25, 0.3) is 0 Å². The number of amides is 2. The lowest BCUT2D eigenvalue weighted by molar-refractivity contribution is -0.137. The van der Waals surface area contributed by atoms with Crippen molar-refractivity contribution in [2.75, 3.05) is 11.9 Å². The molecular weight excluding hydrogens is 234 g/mol. The van der Waals surface area contributed by atoms with Gasteiger partial charge in [-0.2, -0.15) is 0 Å². The second kappa shape index (κ2) is 4.00. The number of halogens is 2. The Morgan fingerprint density at radius 2 is 2.06 bits per heavy atom. The summed E-state index contributed by atoms with van der Waals surface area (Å²) in [5.74, 6) is -3.27. The van der Waals surface area contributed by atoms with Crippen LogP contribution in [-0.4, -0.2) is 28.6 Å². The minimum absolute atomic E-state index is 0.0648. The fourth-order valence-electron chi connectivity index (χ4n) is 1.60. The minimum Gasteiger partial charge on any atom is -0.480 e. The van der Waals surface area contributed by atoms with E-state index in [4.69, 9.17) is 5.11 Å². The van der Waals surface area contributed by atoms with Crippen molar-refractivity contribution in [3.05, 3.63) is 29.3 Å². The Hall–Kier alpha value is -2.18. The fraction of sp³-hybridized carbons (Fsp3) is 0.200. The molecule has 0 spiro atoms. The van der Waals surface area contributed by atoms with Crippen LogP contribution < -0.4 is 5.32 Å². The summed E-state index contributed by atoms with van der Waals surface area (Å²) in [6.07, 6.45) is 0. The highest BCUT2D eigenvalue weighted by Crippen LogP contribution is 2.25. The molecule has 0 unspecified atom stereocenters. The molecule has 0 fully saturated rings. The van der Waals surface area contributed by atoms with Crippen molar-refractivity contribution in [2.24, 2.45) is 0 Å². The van der Waals surface area contributed by atoms with Gasteiger partial charge in [-0.25, -0.2) is 13.6 Å². The van der Waals surface area contributed by atoms with E-state index in [2.05, 4.69) is 5.32 Å². The van der Waals surface area contributed by atoms with Crippen LogP contribution in [0.3, 0.4) is 0 Å². The second-order valence-corrected chi connectivity index (χ2v) is 3.60. The molecule has 1 aliphatic rings. The maximum Gasteiger partial charge on any atom is 0.323 e. The monoisotopic (exact) mass is 242 g/mol. The third-order valence-corrected chi connectivity index (χ3v) is 2.36. The van der Waals surface area contributed by atoms with Crippen LogP contribution in [0.2, 0.25) is 0 Å². The van der Waals surface area contributed by atoms with E-state index in [1.165, 1.54) is 0 Å². The molecule has 0 saturated heterocycles. The summed E-state index contributed by atoms with van der Waals surface area (Å²) in [7, 11) is 0. The quantitative estimate of drug-likeness (QED) is 0.823. The number of benzene rings is 1. The lowest BCUT2D eigenvalue weighted by Gasteiger charge is -2.28. The lowest BCUT2D eigenvalue weighted by atomic mass is 10.1. The maximum absolute atomic E-state index is 13.0. The van der Waals surface area contributed by atoms with Gasteiger partial charge < -0.3 is 15.3 Å². The van der Waals surface area contributed by atoms with Gasteiger partial charge in [0, 0.05) is 6.07 Å². The van der Waals surface area contributed by atoms with E-state index in [-0.39, 0.29) is 12.2 Å². The topological polar surface area (TPSA) is 69.6 Å². The molecule has 0 saturated carbocycles. The van der Waals surface area contributed by atoms with Crippen molar-refractivity contribution in [2.45, 2.75) is 6.54 Å². The Kier molecular flexibility index (Phi) is 2.66. The molecule has 0 aromatic heterocycles. The van der Waals surface area contributed by atoms with E-state index in [1.54, 1.807) is 0 Å². The number of urea groups is 1. The van der Waals surface area contributed by atoms with Crippen LogP contribution in [0.1, 0.15) is 5.56 Å². The summed E-state index contributed by atoms with van der Waals surface area (Å²) in [5.41, 5.74) is 0.500. The van der Waals surface area contributed by atoms with Crippen LogP contribution in [0.25, 0.3) is 0 Å².